The smallest absolute Gasteiger partial charge is 0.124 e. The minimum atomic E-state index is -0.0230. The quantitative estimate of drug-likeness (QED) is 0.822. The van der Waals surface area contributed by atoms with Gasteiger partial charge in [0.15, 0.2) is 0 Å². The summed E-state index contributed by atoms with van der Waals surface area (Å²) in [5.41, 5.74) is 2.97. The zero-order valence-electron chi connectivity index (χ0n) is 12.2. The number of benzene rings is 1. The van der Waals surface area contributed by atoms with Crippen molar-refractivity contribution in [3.8, 4) is 5.75 Å². The van der Waals surface area contributed by atoms with Crippen LogP contribution in [0, 0.1) is 0 Å². The summed E-state index contributed by atoms with van der Waals surface area (Å²) in [5.74, 6) is 0.744. The number of imidazole rings is 1. The van der Waals surface area contributed by atoms with E-state index in [0.29, 0.717) is 12.6 Å². The zero-order chi connectivity index (χ0) is 14.7. The van der Waals surface area contributed by atoms with Crippen LogP contribution in [-0.4, -0.2) is 21.3 Å². The molecule has 0 unspecified atom stereocenters. The van der Waals surface area contributed by atoms with Gasteiger partial charge in [-0.05, 0) is 38.0 Å². The van der Waals surface area contributed by atoms with Crippen LogP contribution in [0.15, 0.2) is 30.7 Å². The molecule has 0 amide bonds. The molecule has 0 atom stereocenters. The predicted octanol–water partition coefficient (Wildman–Crippen LogP) is 2.72. The fourth-order valence-electron chi connectivity index (χ4n) is 2.45. The maximum atomic E-state index is 9.42. The first-order valence-corrected chi connectivity index (χ1v) is 7.43. The summed E-state index contributed by atoms with van der Waals surface area (Å²) in [6.45, 7) is 3.24. The van der Waals surface area contributed by atoms with Crippen LogP contribution in [0.2, 0.25) is 0 Å². The van der Waals surface area contributed by atoms with Gasteiger partial charge in [-0.1, -0.05) is 0 Å². The molecule has 0 saturated heterocycles. The Morgan fingerprint density at radius 1 is 1.43 bits per heavy atom. The minimum absolute atomic E-state index is 0.0230. The molecule has 0 spiro atoms. The standard InChI is InChI=1S/C16H21N3O2/c1-2-21-16-6-3-13(7-12(16)10-20)18-9-15-8-17-11-19(15)14-4-5-14/h3,6-8,11,14,18,20H,2,4-5,9-10H2,1H3. The molecular formula is C16H21N3O2. The monoisotopic (exact) mass is 287 g/mol. The molecule has 1 aliphatic carbocycles. The van der Waals surface area contributed by atoms with Crippen LogP contribution < -0.4 is 10.1 Å². The van der Waals surface area contributed by atoms with Crippen molar-refractivity contribution in [2.24, 2.45) is 0 Å². The number of nitrogens with one attached hydrogen (secondary N) is 1. The topological polar surface area (TPSA) is 59.3 Å². The molecule has 3 rings (SSSR count). The average molecular weight is 287 g/mol. The molecule has 2 N–H and O–H groups in total. The van der Waals surface area contributed by atoms with Crippen molar-refractivity contribution < 1.29 is 9.84 Å². The normalized spacial score (nSPS) is 14.2. The Morgan fingerprint density at radius 3 is 3.00 bits per heavy atom. The van der Waals surface area contributed by atoms with E-state index in [4.69, 9.17) is 4.74 Å². The molecule has 1 aromatic carbocycles. The van der Waals surface area contributed by atoms with Crippen LogP contribution in [0.4, 0.5) is 5.69 Å². The molecule has 0 bridgehead atoms. The number of ether oxygens (including phenoxy) is 1. The maximum absolute atomic E-state index is 9.42. The average Bonchev–Trinajstić information content (AvgIpc) is 3.25. The Labute approximate surface area is 124 Å². The lowest BCUT2D eigenvalue weighted by Gasteiger charge is -2.13. The summed E-state index contributed by atoms with van der Waals surface area (Å²) in [6, 6.07) is 6.44. The second-order valence-electron chi connectivity index (χ2n) is 5.29. The summed E-state index contributed by atoms with van der Waals surface area (Å²) in [7, 11) is 0. The molecule has 0 radical (unpaired) electrons. The third kappa shape index (κ3) is 3.19. The molecule has 0 aliphatic heterocycles. The van der Waals surface area contributed by atoms with Crippen molar-refractivity contribution in [1.82, 2.24) is 9.55 Å². The van der Waals surface area contributed by atoms with Gasteiger partial charge in [0.1, 0.15) is 5.75 Å². The molecule has 5 heteroatoms. The highest BCUT2D eigenvalue weighted by Crippen LogP contribution is 2.35. The van der Waals surface area contributed by atoms with Gasteiger partial charge in [0.25, 0.3) is 0 Å². The number of aliphatic hydroxyl groups excluding tert-OH is 1. The van der Waals surface area contributed by atoms with Gasteiger partial charge in [-0.15, -0.1) is 0 Å². The van der Waals surface area contributed by atoms with E-state index in [9.17, 15) is 5.11 Å². The van der Waals surface area contributed by atoms with Gasteiger partial charge in [0.05, 0.1) is 31.8 Å². The highest BCUT2D eigenvalue weighted by Gasteiger charge is 2.24. The fraction of sp³-hybridized carbons (Fsp3) is 0.438. The molecule has 112 valence electrons. The summed E-state index contributed by atoms with van der Waals surface area (Å²) < 4.78 is 7.73. The van der Waals surface area contributed by atoms with Gasteiger partial charge in [0, 0.05) is 23.5 Å². The van der Waals surface area contributed by atoms with Gasteiger partial charge in [-0.3, -0.25) is 0 Å². The number of aromatic nitrogens is 2. The molecule has 1 aliphatic rings. The fourth-order valence-corrected chi connectivity index (χ4v) is 2.45. The maximum Gasteiger partial charge on any atom is 0.124 e. The SMILES string of the molecule is CCOc1ccc(NCc2cncn2C2CC2)cc1CO. The van der Waals surface area contributed by atoms with Crippen molar-refractivity contribution in [2.75, 3.05) is 11.9 Å². The Morgan fingerprint density at radius 2 is 2.29 bits per heavy atom. The number of rotatable bonds is 7. The molecular weight excluding hydrogens is 266 g/mol. The highest BCUT2D eigenvalue weighted by atomic mass is 16.5. The molecule has 1 aromatic heterocycles. The van der Waals surface area contributed by atoms with Crippen LogP contribution in [0.5, 0.6) is 5.75 Å². The van der Waals surface area contributed by atoms with Crippen molar-refractivity contribution in [2.45, 2.75) is 39.0 Å². The summed E-state index contributed by atoms with van der Waals surface area (Å²) in [5, 5.41) is 12.8. The lowest BCUT2D eigenvalue weighted by molar-refractivity contribution is 0.267. The van der Waals surface area contributed by atoms with Crippen molar-refractivity contribution in [1.29, 1.82) is 0 Å². The number of hydrogen-bond acceptors (Lipinski definition) is 4. The highest BCUT2D eigenvalue weighted by molar-refractivity contribution is 5.51. The summed E-state index contributed by atoms with van der Waals surface area (Å²) in [4.78, 5) is 4.23. The first kappa shape index (κ1) is 13.9. The minimum Gasteiger partial charge on any atom is -0.494 e. The van der Waals surface area contributed by atoms with E-state index in [-0.39, 0.29) is 6.61 Å². The lowest BCUT2D eigenvalue weighted by Crippen LogP contribution is -2.06. The zero-order valence-corrected chi connectivity index (χ0v) is 12.2. The third-order valence-electron chi connectivity index (χ3n) is 3.69. The number of aliphatic hydroxyl groups is 1. The Kier molecular flexibility index (Phi) is 4.10. The largest absolute Gasteiger partial charge is 0.494 e. The lowest BCUT2D eigenvalue weighted by atomic mass is 10.2. The van der Waals surface area contributed by atoms with Gasteiger partial charge in [-0.25, -0.2) is 4.98 Å². The third-order valence-corrected chi connectivity index (χ3v) is 3.69. The van der Waals surface area contributed by atoms with E-state index in [1.165, 1.54) is 18.5 Å². The van der Waals surface area contributed by atoms with E-state index < -0.39 is 0 Å². The number of nitrogens with zero attached hydrogens (tertiary/aromatic N) is 2. The first-order valence-electron chi connectivity index (χ1n) is 7.43. The predicted molar refractivity (Wildman–Crippen MR) is 81.4 cm³/mol. The van der Waals surface area contributed by atoms with Gasteiger partial charge < -0.3 is 19.7 Å². The first-order chi connectivity index (χ1) is 10.3. The van der Waals surface area contributed by atoms with Crippen LogP contribution in [0.25, 0.3) is 0 Å². The van der Waals surface area contributed by atoms with E-state index in [1.54, 1.807) is 0 Å². The Bertz CT molecular complexity index is 605. The Balaban J connectivity index is 1.68. The number of anilines is 1. The van der Waals surface area contributed by atoms with Crippen LogP contribution in [-0.2, 0) is 13.2 Å². The van der Waals surface area contributed by atoms with Crippen LogP contribution >= 0.6 is 0 Å². The van der Waals surface area contributed by atoms with E-state index in [2.05, 4.69) is 14.9 Å². The Hall–Kier alpha value is -2.01. The van der Waals surface area contributed by atoms with E-state index in [1.807, 2.05) is 37.6 Å². The molecule has 5 nitrogen and oxygen atoms in total. The van der Waals surface area contributed by atoms with Crippen molar-refractivity contribution in [3.05, 3.63) is 42.0 Å². The molecule has 21 heavy (non-hydrogen) atoms. The molecule has 2 aromatic rings. The summed E-state index contributed by atoms with van der Waals surface area (Å²) >= 11 is 0. The van der Waals surface area contributed by atoms with E-state index in [0.717, 1.165) is 23.5 Å². The van der Waals surface area contributed by atoms with Crippen LogP contribution in [0.3, 0.4) is 0 Å². The molecule has 1 saturated carbocycles. The second-order valence-corrected chi connectivity index (χ2v) is 5.29. The van der Waals surface area contributed by atoms with Gasteiger partial charge >= 0.3 is 0 Å². The van der Waals surface area contributed by atoms with Crippen molar-refractivity contribution >= 4 is 5.69 Å². The van der Waals surface area contributed by atoms with Gasteiger partial charge in [-0.2, -0.15) is 0 Å². The summed E-state index contributed by atoms with van der Waals surface area (Å²) in [6.07, 6.45) is 6.32. The second kappa shape index (κ2) is 6.18. The van der Waals surface area contributed by atoms with Gasteiger partial charge in [0.2, 0.25) is 0 Å². The number of hydrogen-bond donors (Lipinski definition) is 2. The van der Waals surface area contributed by atoms with Crippen molar-refractivity contribution in [3.63, 3.8) is 0 Å². The van der Waals surface area contributed by atoms with E-state index >= 15 is 0 Å². The molecule has 1 fully saturated rings. The van der Waals surface area contributed by atoms with Crippen LogP contribution in [0.1, 0.15) is 37.1 Å². The molecule has 1 heterocycles.